The second-order valence-electron chi connectivity index (χ2n) is 10.2. The Bertz CT molecular complexity index is 887. The molecule has 3 rings (SSSR count). The molecule has 2 atom stereocenters. The van der Waals surface area contributed by atoms with Crippen LogP contribution in [0.2, 0.25) is 0 Å². The molecule has 0 saturated carbocycles. The van der Waals surface area contributed by atoms with Crippen LogP contribution in [0, 0.1) is 12.3 Å². The quantitative estimate of drug-likeness (QED) is 0.457. The second-order valence-corrected chi connectivity index (χ2v) is 11.1. The number of aromatic nitrogens is 1. The number of carbonyl (C=O) groups is 2. The van der Waals surface area contributed by atoms with Crippen molar-refractivity contribution >= 4 is 23.7 Å². The number of hydrogen-bond acceptors (Lipinski definition) is 5. The third kappa shape index (κ3) is 10.5. The Hall–Kier alpha value is -2.25. The predicted molar refractivity (Wildman–Crippen MR) is 149 cm³/mol. The van der Waals surface area contributed by atoms with E-state index in [2.05, 4.69) is 62.4 Å². The Morgan fingerprint density at radius 2 is 1.83 bits per heavy atom. The molecule has 2 heterocycles. The van der Waals surface area contributed by atoms with Crippen LogP contribution in [0.1, 0.15) is 85.5 Å². The monoisotopic (exact) mass is 502 g/mol. The lowest BCUT2D eigenvalue weighted by Crippen LogP contribution is -2.43. The van der Waals surface area contributed by atoms with Gasteiger partial charge in [-0.05, 0) is 43.2 Å². The molecule has 1 saturated heterocycles. The minimum Gasteiger partial charge on any atom is -0.348 e. The lowest BCUT2D eigenvalue weighted by molar-refractivity contribution is -0.131. The van der Waals surface area contributed by atoms with E-state index in [1.54, 1.807) is 16.2 Å². The van der Waals surface area contributed by atoms with Crippen molar-refractivity contribution in [3.63, 3.8) is 0 Å². The normalized spacial score (nSPS) is 16.1. The molecule has 1 aliphatic rings. The summed E-state index contributed by atoms with van der Waals surface area (Å²) in [6, 6.07) is 8.38. The van der Waals surface area contributed by atoms with Gasteiger partial charge in [0.1, 0.15) is 6.04 Å². The second kappa shape index (κ2) is 15.0. The summed E-state index contributed by atoms with van der Waals surface area (Å²) in [5.41, 5.74) is 5.49. The predicted octanol–water partition coefficient (Wildman–Crippen LogP) is 5.97. The maximum Gasteiger partial charge on any atom is 0.243 e. The van der Waals surface area contributed by atoms with Gasteiger partial charge in [0.2, 0.25) is 12.3 Å². The number of likely N-dealkylation sites (tertiary alicyclic amines) is 1. The van der Waals surface area contributed by atoms with Crippen molar-refractivity contribution in [3.8, 4) is 10.4 Å². The fraction of sp³-hybridized carbons (Fsp3) is 0.607. The Morgan fingerprint density at radius 1 is 1.20 bits per heavy atom. The van der Waals surface area contributed by atoms with E-state index in [1.165, 1.54) is 4.88 Å². The van der Waals surface area contributed by atoms with Crippen LogP contribution in [0.25, 0.3) is 10.4 Å². The molecule has 196 valence electrons. The first-order valence-electron chi connectivity index (χ1n) is 12.8. The molecule has 1 fully saturated rings. The Morgan fingerprint density at radius 3 is 2.29 bits per heavy atom. The number of amides is 2. The average Bonchev–Trinajstić information content (AvgIpc) is 3.48. The van der Waals surface area contributed by atoms with Gasteiger partial charge in [0.15, 0.2) is 0 Å². The third-order valence-electron chi connectivity index (χ3n) is 5.55. The van der Waals surface area contributed by atoms with Crippen LogP contribution in [0.15, 0.2) is 29.8 Å². The molecule has 1 aromatic carbocycles. The molecule has 0 radical (unpaired) electrons. The number of rotatable bonds is 7. The first-order valence-corrected chi connectivity index (χ1v) is 13.6. The molecular weight excluding hydrogens is 456 g/mol. The lowest BCUT2D eigenvalue weighted by Gasteiger charge is -2.22. The van der Waals surface area contributed by atoms with Crippen LogP contribution >= 0.6 is 11.3 Å². The molecule has 35 heavy (non-hydrogen) atoms. The maximum absolute atomic E-state index is 12.4. The lowest BCUT2D eigenvalue weighted by atomic mass is 9.97. The number of carbonyl (C=O) groups excluding carboxylic acids is 2. The summed E-state index contributed by atoms with van der Waals surface area (Å²) in [5.74, 6) is -0.0746. The zero-order valence-corrected chi connectivity index (χ0v) is 24.0. The van der Waals surface area contributed by atoms with Gasteiger partial charge in [0.05, 0.1) is 22.1 Å². The minimum atomic E-state index is -0.330. The van der Waals surface area contributed by atoms with Gasteiger partial charge in [-0.15, -0.1) is 11.3 Å². The van der Waals surface area contributed by atoms with Gasteiger partial charge < -0.3 is 15.5 Å². The Kier molecular flexibility index (Phi) is 13.2. The van der Waals surface area contributed by atoms with E-state index >= 15 is 0 Å². The summed E-state index contributed by atoms with van der Waals surface area (Å²) < 4.78 is 0. The van der Waals surface area contributed by atoms with Gasteiger partial charge in [-0.2, -0.15) is 0 Å². The standard InChI is InChI=1S/C18H21N3O2S.C8H19N.C2H6/c1-12(20-18(23)16-4-3-9-21(16)11-22)14-5-7-15(8-6-14)17-13(2)19-10-24-17;1-7(2)9-6-8(3,4)5;1-2/h5-8,10-12,16H,3-4,9H2,1-2H3,(H,20,23);7,9H,6H2,1-5H3;1-2H3. The van der Waals surface area contributed by atoms with Crippen LogP contribution in [-0.4, -0.2) is 47.4 Å². The fourth-order valence-electron chi connectivity index (χ4n) is 3.60. The van der Waals surface area contributed by atoms with Crippen LogP contribution in [0.4, 0.5) is 0 Å². The molecule has 6 nitrogen and oxygen atoms in total. The zero-order valence-electron chi connectivity index (χ0n) is 23.1. The first kappa shape index (κ1) is 30.8. The fourth-order valence-corrected chi connectivity index (χ4v) is 4.41. The summed E-state index contributed by atoms with van der Waals surface area (Å²) in [5, 5.41) is 6.40. The number of thiazole rings is 1. The minimum absolute atomic E-state index is 0.0746. The molecule has 0 bridgehead atoms. The highest BCUT2D eigenvalue weighted by Gasteiger charge is 2.30. The highest BCUT2D eigenvalue weighted by molar-refractivity contribution is 7.13. The van der Waals surface area contributed by atoms with Crippen LogP contribution in [-0.2, 0) is 9.59 Å². The number of nitrogens with zero attached hydrogens (tertiary/aromatic N) is 2. The number of hydrogen-bond donors (Lipinski definition) is 2. The average molecular weight is 503 g/mol. The van der Waals surface area contributed by atoms with Gasteiger partial charge >= 0.3 is 0 Å². The highest BCUT2D eigenvalue weighted by Crippen LogP contribution is 2.28. The molecule has 0 spiro atoms. The van der Waals surface area contributed by atoms with Crippen molar-refractivity contribution in [1.29, 1.82) is 0 Å². The van der Waals surface area contributed by atoms with Gasteiger partial charge in [-0.3, -0.25) is 9.59 Å². The molecule has 0 aliphatic carbocycles. The smallest absolute Gasteiger partial charge is 0.243 e. The molecule has 2 unspecified atom stereocenters. The zero-order chi connectivity index (χ0) is 26.6. The first-order chi connectivity index (χ1) is 16.5. The van der Waals surface area contributed by atoms with Crippen molar-refractivity contribution in [2.24, 2.45) is 5.41 Å². The number of nitrogens with one attached hydrogen (secondary N) is 2. The van der Waals surface area contributed by atoms with E-state index in [1.807, 2.05) is 45.3 Å². The van der Waals surface area contributed by atoms with Crippen LogP contribution in [0.5, 0.6) is 0 Å². The Labute approximate surface area is 216 Å². The summed E-state index contributed by atoms with van der Waals surface area (Å²) >= 11 is 1.63. The van der Waals surface area contributed by atoms with E-state index in [4.69, 9.17) is 0 Å². The van der Waals surface area contributed by atoms with Crippen molar-refractivity contribution < 1.29 is 9.59 Å². The SMILES string of the molecule is CC.CC(C)NCC(C)(C)C.Cc1ncsc1-c1ccc(C(C)NC(=O)C2CCCN2C=O)cc1. The topological polar surface area (TPSA) is 74.3 Å². The van der Waals surface area contributed by atoms with Crippen molar-refractivity contribution in [1.82, 2.24) is 20.5 Å². The van der Waals surface area contributed by atoms with E-state index in [0.717, 1.165) is 42.6 Å². The summed E-state index contributed by atoms with van der Waals surface area (Å²) in [6.07, 6.45) is 2.39. The van der Waals surface area contributed by atoms with Gasteiger partial charge in [-0.25, -0.2) is 4.98 Å². The number of benzene rings is 1. The molecule has 7 heteroatoms. The van der Waals surface area contributed by atoms with Crippen molar-refractivity contribution in [2.45, 2.75) is 93.3 Å². The number of aryl methyl sites for hydroxylation is 1. The summed E-state index contributed by atoms with van der Waals surface area (Å²) in [7, 11) is 0. The van der Waals surface area contributed by atoms with Crippen molar-refractivity contribution in [2.75, 3.05) is 13.1 Å². The molecule has 2 aromatic rings. The Balaban J connectivity index is 0.000000473. The van der Waals surface area contributed by atoms with E-state index in [0.29, 0.717) is 18.0 Å². The van der Waals surface area contributed by atoms with Crippen LogP contribution < -0.4 is 10.6 Å². The molecular formula is C28H46N4O2S. The van der Waals surface area contributed by atoms with Gasteiger partial charge in [0, 0.05) is 19.1 Å². The summed E-state index contributed by atoms with van der Waals surface area (Å²) in [6.45, 7) is 20.8. The maximum atomic E-state index is 12.4. The third-order valence-corrected chi connectivity index (χ3v) is 6.53. The molecule has 2 amide bonds. The van der Waals surface area contributed by atoms with Crippen LogP contribution in [0.3, 0.4) is 0 Å². The highest BCUT2D eigenvalue weighted by atomic mass is 32.1. The molecule has 2 N–H and O–H groups in total. The van der Waals surface area contributed by atoms with Gasteiger partial charge in [-0.1, -0.05) is 72.7 Å². The van der Waals surface area contributed by atoms with Crippen molar-refractivity contribution in [3.05, 3.63) is 41.0 Å². The largest absolute Gasteiger partial charge is 0.348 e. The van der Waals surface area contributed by atoms with Gasteiger partial charge in [0.25, 0.3) is 0 Å². The van der Waals surface area contributed by atoms with E-state index in [9.17, 15) is 9.59 Å². The van der Waals surface area contributed by atoms with E-state index < -0.39 is 0 Å². The molecule has 1 aliphatic heterocycles. The molecule has 1 aromatic heterocycles. The van der Waals surface area contributed by atoms with E-state index in [-0.39, 0.29) is 18.0 Å². The summed E-state index contributed by atoms with van der Waals surface area (Å²) in [4.78, 5) is 30.4.